The summed E-state index contributed by atoms with van der Waals surface area (Å²) in [6.07, 6.45) is -3.12. The normalized spacial score (nSPS) is 19.2. The summed E-state index contributed by atoms with van der Waals surface area (Å²) >= 11 is 0. The predicted octanol–water partition coefficient (Wildman–Crippen LogP) is 3.43. The van der Waals surface area contributed by atoms with E-state index < -0.39 is 22.4 Å². The van der Waals surface area contributed by atoms with E-state index in [1.807, 2.05) is 4.90 Å². The fraction of sp³-hybridized carbons (Fsp3) is 0.682. The molecule has 0 aromatic heterocycles. The zero-order valence-electron chi connectivity index (χ0n) is 19.1. The maximum absolute atomic E-state index is 13.2. The van der Waals surface area contributed by atoms with Crippen molar-refractivity contribution < 1.29 is 22.9 Å². The summed E-state index contributed by atoms with van der Waals surface area (Å²) in [5.41, 5.74) is -2.03. The van der Waals surface area contributed by atoms with Gasteiger partial charge in [0.05, 0.1) is 4.92 Å². The number of hydrogen-bond acceptors (Lipinski definition) is 6. The van der Waals surface area contributed by atoms with E-state index in [0.29, 0.717) is 38.4 Å². The van der Waals surface area contributed by atoms with Crippen LogP contribution in [0.1, 0.15) is 38.7 Å². The minimum Gasteiger partial charge on any atom is -0.382 e. The molecule has 8 nitrogen and oxygen atoms in total. The molecule has 0 aliphatic carbocycles. The molecule has 2 saturated heterocycles. The number of nitrogens with one attached hydrogen (secondary N) is 1. The maximum Gasteiger partial charge on any atom is 0.423 e. The Kier molecular flexibility index (Phi) is 8.17. The molecule has 0 spiro atoms. The molecule has 0 unspecified atom stereocenters. The van der Waals surface area contributed by atoms with Crippen molar-refractivity contribution >= 4 is 17.3 Å². The Labute approximate surface area is 191 Å². The Bertz CT molecular complexity index is 833. The summed E-state index contributed by atoms with van der Waals surface area (Å²) in [5, 5.41) is 14.0. The summed E-state index contributed by atoms with van der Waals surface area (Å²) < 4.78 is 39.6. The lowest BCUT2D eigenvalue weighted by molar-refractivity contribution is -0.388. The number of benzene rings is 1. The second-order valence-electron chi connectivity index (χ2n) is 9.01. The van der Waals surface area contributed by atoms with Gasteiger partial charge in [0.1, 0.15) is 5.56 Å². The predicted molar refractivity (Wildman–Crippen MR) is 119 cm³/mol. The molecule has 2 aliphatic heterocycles. The fourth-order valence-corrected chi connectivity index (χ4v) is 4.44. The van der Waals surface area contributed by atoms with Crippen LogP contribution in [0.3, 0.4) is 0 Å². The van der Waals surface area contributed by atoms with Gasteiger partial charge in [0.15, 0.2) is 0 Å². The molecular weight excluding hydrogens is 439 g/mol. The molecule has 1 amide bonds. The number of nitro benzene ring substituents is 1. The first-order chi connectivity index (χ1) is 15.5. The molecule has 2 aliphatic rings. The second kappa shape index (κ2) is 10.7. The smallest absolute Gasteiger partial charge is 0.382 e. The Morgan fingerprint density at radius 2 is 1.79 bits per heavy atom. The Balaban J connectivity index is 1.45. The zero-order chi connectivity index (χ0) is 24.2. The first-order valence-corrected chi connectivity index (χ1v) is 11.4. The molecule has 184 valence electrons. The summed E-state index contributed by atoms with van der Waals surface area (Å²) in [6.45, 7) is 10.2. The molecule has 2 fully saturated rings. The van der Waals surface area contributed by atoms with Crippen molar-refractivity contribution in [2.24, 2.45) is 0 Å². The third-order valence-electron chi connectivity index (χ3n) is 6.50. The van der Waals surface area contributed by atoms with E-state index in [4.69, 9.17) is 0 Å². The van der Waals surface area contributed by atoms with Gasteiger partial charge in [-0.1, -0.05) is 0 Å². The molecule has 33 heavy (non-hydrogen) atoms. The number of alkyl halides is 3. The molecule has 2 heterocycles. The molecule has 0 radical (unpaired) electrons. The van der Waals surface area contributed by atoms with Crippen molar-refractivity contribution in [3.63, 3.8) is 0 Å². The van der Waals surface area contributed by atoms with Crippen molar-refractivity contribution in [3.05, 3.63) is 33.9 Å². The number of hydrogen-bond donors (Lipinski definition) is 1. The number of piperidine rings is 1. The lowest BCUT2D eigenvalue weighted by atomic mass is 10.0. The van der Waals surface area contributed by atoms with Crippen LogP contribution in [0, 0.1) is 10.1 Å². The number of halogens is 3. The highest BCUT2D eigenvalue weighted by Crippen LogP contribution is 2.37. The Hall–Kier alpha value is -2.40. The third-order valence-corrected chi connectivity index (χ3v) is 6.50. The van der Waals surface area contributed by atoms with Crippen LogP contribution in [0.4, 0.5) is 24.5 Å². The van der Waals surface area contributed by atoms with Gasteiger partial charge < -0.3 is 15.1 Å². The zero-order valence-corrected chi connectivity index (χ0v) is 19.1. The highest BCUT2D eigenvalue weighted by atomic mass is 19.4. The monoisotopic (exact) mass is 471 g/mol. The number of amides is 1. The van der Waals surface area contributed by atoms with Crippen LogP contribution in [-0.2, 0) is 11.0 Å². The number of likely N-dealkylation sites (tertiary alicyclic amines) is 1. The van der Waals surface area contributed by atoms with E-state index in [1.54, 1.807) is 0 Å². The number of carbonyl (C=O) groups excluding carboxylic acids is 1. The third kappa shape index (κ3) is 6.80. The number of anilines is 1. The number of piperazine rings is 1. The van der Waals surface area contributed by atoms with E-state index in [9.17, 15) is 28.1 Å². The van der Waals surface area contributed by atoms with Crippen molar-refractivity contribution in [3.8, 4) is 0 Å². The van der Waals surface area contributed by atoms with Crippen LogP contribution in [0.2, 0.25) is 0 Å². The van der Waals surface area contributed by atoms with Gasteiger partial charge in [0.25, 0.3) is 5.69 Å². The topological polar surface area (TPSA) is 82.0 Å². The molecule has 1 aromatic carbocycles. The van der Waals surface area contributed by atoms with Gasteiger partial charge in [0.2, 0.25) is 5.91 Å². The number of nitrogens with zero attached hydrogens (tertiary/aromatic N) is 4. The van der Waals surface area contributed by atoms with Crippen LogP contribution in [0.15, 0.2) is 18.2 Å². The molecule has 1 N–H and O–H groups in total. The first kappa shape index (κ1) is 25.2. The van der Waals surface area contributed by atoms with Gasteiger partial charge in [-0.3, -0.25) is 19.8 Å². The summed E-state index contributed by atoms with van der Waals surface area (Å²) in [7, 11) is 0. The average molecular weight is 472 g/mol. The van der Waals surface area contributed by atoms with E-state index in [2.05, 4.69) is 29.0 Å². The van der Waals surface area contributed by atoms with E-state index in [0.717, 1.165) is 44.9 Å². The molecule has 0 saturated carbocycles. The number of rotatable bonds is 7. The quantitative estimate of drug-likeness (QED) is 0.485. The van der Waals surface area contributed by atoms with Crippen LogP contribution < -0.4 is 5.32 Å². The first-order valence-electron chi connectivity index (χ1n) is 11.4. The van der Waals surface area contributed by atoms with Crippen molar-refractivity contribution in [2.75, 3.05) is 51.1 Å². The standard InChI is InChI=1S/C22H32F3N5O3/c1-16(2)28-13-11-27(12-14-28)8-7-21(31)29-9-5-17(6-10-29)26-18-3-4-20(30(32)33)19(15-18)22(23,24)25/h3-4,15-17,26H,5-14H2,1-2H3. The molecule has 1 aromatic rings. The van der Waals surface area contributed by atoms with Crippen molar-refractivity contribution in [1.82, 2.24) is 14.7 Å². The van der Waals surface area contributed by atoms with Crippen LogP contribution >= 0.6 is 0 Å². The van der Waals surface area contributed by atoms with Gasteiger partial charge in [-0.15, -0.1) is 0 Å². The lowest BCUT2D eigenvalue weighted by Crippen LogP contribution is -2.49. The summed E-state index contributed by atoms with van der Waals surface area (Å²) in [6, 6.07) is 3.40. The van der Waals surface area contributed by atoms with Gasteiger partial charge >= 0.3 is 6.18 Å². The SMILES string of the molecule is CC(C)N1CCN(CCC(=O)N2CCC(Nc3ccc([N+](=O)[O-])c(C(F)(F)F)c3)CC2)CC1. The lowest BCUT2D eigenvalue weighted by Gasteiger charge is -2.37. The van der Waals surface area contributed by atoms with Crippen LogP contribution in [0.5, 0.6) is 0 Å². The minimum absolute atomic E-state index is 0.0966. The minimum atomic E-state index is -4.81. The largest absolute Gasteiger partial charge is 0.423 e. The maximum atomic E-state index is 13.2. The number of nitro groups is 1. The van der Waals surface area contributed by atoms with Crippen molar-refractivity contribution in [1.29, 1.82) is 0 Å². The molecule has 0 atom stereocenters. The number of carbonyl (C=O) groups is 1. The fourth-order valence-electron chi connectivity index (χ4n) is 4.44. The van der Waals surface area contributed by atoms with Gasteiger partial charge in [-0.05, 0) is 38.8 Å². The molecule has 11 heteroatoms. The Morgan fingerprint density at radius 3 is 2.33 bits per heavy atom. The van der Waals surface area contributed by atoms with Crippen LogP contribution in [0.25, 0.3) is 0 Å². The van der Waals surface area contributed by atoms with Gasteiger partial charge in [0, 0.05) is 76.1 Å². The van der Waals surface area contributed by atoms with Crippen molar-refractivity contribution in [2.45, 2.75) is 51.4 Å². The Morgan fingerprint density at radius 1 is 1.15 bits per heavy atom. The average Bonchev–Trinajstić information content (AvgIpc) is 2.77. The van der Waals surface area contributed by atoms with Gasteiger partial charge in [-0.2, -0.15) is 13.2 Å². The molecular formula is C22H32F3N5O3. The molecule has 3 rings (SSSR count). The van der Waals surface area contributed by atoms with E-state index in [-0.39, 0.29) is 17.6 Å². The summed E-state index contributed by atoms with van der Waals surface area (Å²) in [5.74, 6) is 0.106. The highest BCUT2D eigenvalue weighted by Gasteiger charge is 2.38. The van der Waals surface area contributed by atoms with Gasteiger partial charge in [-0.25, -0.2) is 0 Å². The van der Waals surface area contributed by atoms with Crippen LogP contribution in [-0.4, -0.2) is 83.4 Å². The van der Waals surface area contributed by atoms with E-state index in [1.165, 1.54) is 6.07 Å². The van der Waals surface area contributed by atoms with E-state index >= 15 is 0 Å². The molecule has 0 bridgehead atoms. The summed E-state index contributed by atoms with van der Waals surface area (Å²) in [4.78, 5) is 29.1. The second-order valence-corrected chi connectivity index (χ2v) is 9.01. The highest BCUT2D eigenvalue weighted by molar-refractivity contribution is 5.76.